The van der Waals surface area contributed by atoms with Crippen LogP contribution in [0.5, 0.6) is 0 Å². The highest BCUT2D eigenvalue weighted by Gasteiger charge is 2.28. The summed E-state index contributed by atoms with van der Waals surface area (Å²) < 4.78 is 0. The first-order valence-corrected chi connectivity index (χ1v) is 19.1. The summed E-state index contributed by atoms with van der Waals surface area (Å²) in [7, 11) is 0. The summed E-state index contributed by atoms with van der Waals surface area (Å²) in [6, 6.07) is 67.0. The molecule has 9 aromatic carbocycles. The Labute approximate surface area is 326 Å². The molecule has 0 amide bonds. The quantitative estimate of drug-likeness (QED) is 0.121. The van der Waals surface area contributed by atoms with Crippen molar-refractivity contribution in [3.05, 3.63) is 216 Å². The van der Waals surface area contributed by atoms with Crippen molar-refractivity contribution >= 4 is 50.7 Å². The second kappa shape index (κ2) is 14.2. The van der Waals surface area contributed by atoms with Gasteiger partial charge in [-0.2, -0.15) is 0 Å². The van der Waals surface area contributed by atoms with E-state index in [0.29, 0.717) is 18.2 Å². The van der Waals surface area contributed by atoms with Gasteiger partial charge in [-0.3, -0.25) is 4.99 Å². The Morgan fingerprint density at radius 2 is 1.11 bits per heavy atom. The van der Waals surface area contributed by atoms with Crippen molar-refractivity contribution in [2.24, 2.45) is 15.0 Å². The fourth-order valence-electron chi connectivity index (χ4n) is 8.33. The van der Waals surface area contributed by atoms with Crippen LogP contribution < -0.4 is 0 Å². The van der Waals surface area contributed by atoms with Crippen molar-refractivity contribution in [1.82, 2.24) is 0 Å². The molecule has 1 aliphatic carbocycles. The molecule has 0 aliphatic heterocycles. The molecule has 0 saturated carbocycles. The Kier molecular flexibility index (Phi) is 8.46. The lowest BCUT2D eigenvalue weighted by atomic mass is 9.89. The predicted octanol–water partition coefficient (Wildman–Crippen LogP) is 13.1. The van der Waals surface area contributed by atoms with Crippen molar-refractivity contribution in [2.45, 2.75) is 13.0 Å². The number of amidine groups is 2. The summed E-state index contributed by atoms with van der Waals surface area (Å²) in [4.78, 5) is 15.2. The maximum absolute atomic E-state index is 5.35. The molecule has 0 spiro atoms. The highest BCUT2D eigenvalue weighted by molar-refractivity contribution is 6.15. The molecule has 0 N–H and O–H groups in total. The van der Waals surface area contributed by atoms with Gasteiger partial charge in [-0.05, 0) is 107 Å². The van der Waals surface area contributed by atoms with Crippen LogP contribution in [-0.2, 0) is 13.0 Å². The molecule has 9 aromatic rings. The zero-order valence-electron chi connectivity index (χ0n) is 30.9. The summed E-state index contributed by atoms with van der Waals surface area (Å²) in [5.41, 5.74) is 12.8. The van der Waals surface area contributed by atoms with Crippen molar-refractivity contribution in [1.29, 1.82) is 0 Å². The summed E-state index contributed by atoms with van der Waals surface area (Å²) in [6.45, 7) is 4.48. The van der Waals surface area contributed by atoms with E-state index >= 15 is 0 Å². The summed E-state index contributed by atoms with van der Waals surface area (Å²) in [5, 5.41) is 7.22. The molecule has 10 rings (SSSR count). The Balaban J connectivity index is 1.18. The van der Waals surface area contributed by atoms with Gasteiger partial charge in [0.05, 0.1) is 6.54 Å². The number of nitrogens with zero attached hydrogens (tertiary/aromatic N) is 3. The van der Waals surface area contributed by atoms with Gasteiger partial charge in [0.1, 0.15) is 0 Å². The zero-order chi connectivity index (χ0) is 37.4. The average Bonchev–Trinajstić information content (AvgIpc) is 3.67. The van der Waals surface area contributed by atoms with Crippen molar-refractivity contribution in [3.8, 4) is 33.4 Å². The molecule has 0 unspecified atom stereocenters. The minimum atomic E-state index is 0.470. The summed E-state index contributed by atoms with van der Waals surface area (Å²) in [6.07, 6.45) is 0.769. The number of rotatable bonds is 6. The van der Waals surface area contributed by atoms with E-state index in [4.69, 9.17) is 9.98 Å². The van der Waals surface area contributed by atoms with Gasteiger partial charge in [-0.1, -0.05) is 170 Å². The van der Waals surface area contributed by atoms with Crippen molar-refractivity contribution < 1.29 is 0 Å². The molecule has 3 heteroatoms. The molecule has 0 radical (unpaired) electrons. The van der Waals surface area contributed by atoms with Gasteiger partial charge in [0.15, 0.2) is 11.7 Å². The highest BCUT2D eigenvalue weighted by atomic mass is 15.0. The molecular formula is C53H37N3. The predicted molar refractivity (Wildman–Crippen MR) is 237 cm³/mol. The first-order valence-electron chi connectivity index (χ1n) is 19.1. The van der Waals surface area contributed by atoms with Crippen molar-refractivity contribution in [2.75, 3.05) is 0 Å². The lowest BCUT2D eigenvalue weighted by molar-refractivity contribution is 1.06. The molecule has 0 fully saturated rings. The fraction of sp³-hybridized carbons (Fsp3) is 0.0377. The molecule has 56 heavy (non-hydrogen) atoms. The number of hydrogen-bond acceptors (Lipinski definition) is 1. The van der Waals surface area contributed by atoms with Gasteiger partial charge >= 0.3 is 0 Å². The van der Waals surface area contributed by atoms with E-state index in [1.165, 1.54) is 71.4 Å². The number of hydrogen-bond donors (Lipinski definition) is 0. The molecule has 0 bridgehead atoms. The minimum Gasteiger partial charge on any atom is -0.261 e. The molecule has 3 nitrogen and oxygen atoms in total. The average molecular weight is 716 g/mol. The maximum Gasteiger partial charge on any atom is 0.161 e. The van der Waals surface area contributed by atoms with E-state index in [1.807, 2.05) is 0 Å². The maximum atomic E-state index is 5.35. The first-order chi connectivity index (χ1) is 27.7. The van der Waals surface area contributed by atoms with Crippen LogP contribution in [0.3, 0.4) is 0 Å². The first kappa shape index (κ1) is 33.3. The minimum absolute atomic E-state index is 0.470. The van der Waals surface area contributed by atoms with Crippen LogP contribution in [-0.4, -0.2) is 18.4 Å². The lowest BCUT2D eigenvalue weighted by Gasteiger charge is -2.16. The number of aliphatic imine (C=N–C) groups is 3. The molecule has 264 valence electrons. The smallest absolute Gasteiger partial charge is 0.161 e. The Morgan fingerprint density at radius 1 is 0.464 bits per heavy atom. The third kappa shape index (κ3) is 6.10. The second-order valence-electron chi connectivity index (χ2n) is 14.4. The van der Waals surface area contributed by atoms with Gasteiger partial charge < -0.3 is 0 Å². The third-order valence-electron chi connectivity index (χ3n) is 11.1. The molecule has 0 saturated heterocycles. The van der Waals surface area contributed by atoms with Gasteiger partial charge in [-0.25, -0.2) is 9.98 Å². The van der Waals surface area contributed by atoms with E-state index < -0.39 is 0 Å². The highest BCUT2D eigenvalue weighted by Crippen LogP contribution is 2.47. The zero-order valence-corrected chi connectivity index (χ0v) is 30.9. The van der Waals surface area contributed by atoms with E-state index in [2.05, 4.69) is 200 Å². The normalized spacial score (nSPS) is 12.6. The van der Waals surface area contributed by atoms with Crippen molar-refractivity contribution in [3.63, 3.8) is 0 Å². The largest absolute Gasteiger partial charge is 0.261 e. The van der Waals surface area contributed by atoms with Gasteiger partial charge in [0.25, 0.3) is 0 Å². The number of benzene rings is 9. The van der Waals surface area contributed by atoms with Crippen LogP contribution in [0.2, 0.25) is 0 Å². The van der Waals surface area contributed by atoms with Crippen LogP contribution in [0, 0.1) is 0 Å². The SMILES string of the molecule is C=N/C(=N\C(=N/Cc1ccc2ccccc2c1)c1ccc(-c2cccc(-c3ccccc3)c2)c2c1Cc1c-2ccc2ccccc12)c1ccc2ccccc2c1. The summed E-state index contributed by atoms with van der Waals surface area (Å²) in [5.74, 6) is 1.19. The molecular weight excluding hydrogens is 679 g/mol. The van der Waals surface area contributed by atoms with Crippen LogP contribution >= 0.6 is 0 Å². The Bertz CT molecular complexity index is 3040. The Morgan fingerprint density at radius 3 is 1.91 bits per heavy atom. The van der Waals surface area contributed by atoms with Gasteiger partial charge in [0, 0.05) is 17.5 Å². The monoisotopic (exact) mass is 715 g/mol. The van der Waals surface area contributed by atoms with Crippen LogP contribution in [0.15, 0.2) is 203 Å². The van der Waals surface area contributed by atoms with Gasteiger partial charge in [-0.15, -0.1) is 0 Å². The number of fused-ring (bicyclic) bond motifs is 7. The fourth-order valence-corrected chi connectivity index (χ4v) is 8.33. The molecule has 0 aromatic heterocycles. The van der Waals surface area contributed by atoms with E-state index in [1.54, 1.807) is 0 Å². The van der Waals surface area contributed by atoms with E-state index in [0.717, 1.165) is 28.5 Å². The topological polar surface area (TPSA) is 37.1 Å². The van der Waals surface area contributed by atoms with E-state index in [-0.39, 0.29) is 0 Å². The van der Waals surface area contributed by atoms with Crippen LogP contribution in [0.4, 0.5) is 0 Å². The van der Waals surface area contributed by atoms with Crippen LogP contribution in [0.25, 0.3) is 65.7 Å². The standard InChI is InChI=1S/C53H37N3/c1-54-52(44-25-24-38-15-6-8-18-41(38)32-44)56-53(55-34-35-22-23-37-14-5-7-17-40(37)30-35)48-29-28-46(43-20-11-19-42(31-43)36-12-3-2-4-13-36)51-47-27-26-39-16-9-10-21-45(39)49(47)33-50(48)51/h2-32H,1,33-34H2/b55-53-,56-52-. The molecule has 1 aliphatic rings. The summed E-state index contributed by atoms with van der Waals surface area (Å²) >= 11 is 0. The molecule has 0 heterocycles. The third-order valence-corrected chi connectivity index (χ3v) is 11.1. The van der Waals surface area contributed by atoms with Crippen LogP contribution in [0.1, 0.15) is 27.8 Å². The lowest BCUT2D eigenvalue weighted by Crippen LogP contribution is -2.08. The van der Waals surface area contributed by atoms with E-state index in [9.17, 15) is 0 Å². The van der Waals surface area contributed by atoms with Gasteiger partial charge in [0.2, 0.25) is 0 Å². The second-order valence-corrected chi connectivity index (χ2v) is 14.4. The molecule has 0 atom stereocenters. The Hall–Kier alpha value is -7.23.